The van der Waals surface area contributed by atoms with E-state index in [4.69, 9.17) is 11.6 Å². The van der Waals surface area contributed by atoms with Crippen molar-refractivity contribution >= 4 is 40.6 Å². The number of aromatic nitrogens is 1. The van der Waals surface area contributed by atoms with Gasteiger partial charge in [-0.15, -0.1) is 0 Å². The standard InChI is InChI=1S/C17H12ClF3N4O3S/c1-8-5-12(17(19,20)21)11(7-22)16(23-8)29-9(2)15(26)24-14-6-10(25(27)28)3-4-13(14)18/h3-6,9H,1-2H3,(H,24,26). The molecule has 12 heteroatoms. The van der Waals surface area contributed by atoms with Crippen molar-refractivity contribution in [2.24, 2.45) is 0 Å². The molecule has 29 heavy (non-hydrogen) atoms. The van der Waals surface area contributed by atoms with Crippen LogP contribution in [-0.2, 0) is 11.0 Å². The van der Waals surface area contributed by atoms with Crippen LogP contribution in [0.4, 0.5) is 24.5 Å². The van der Waals surface area contributed by atoms with E-state index in [1.54, 1.807) is 0 Å². The molecule has 1 unspecified atom stereocenters. The van der Waals surface area contributed by atoms with Gasteiger partial charge in [-0.3, -0.25) is 14.9 Å². The van der Waals surface area contributed by atoms with Crippen molar-refractivity contribution in [1.82, 2.24) is 4.98 Å². The third-order valence-electron chi connectivity index (χ3n) is 3.61. The first-order valence-corrected chi connectivity index (χ1v) is 9.10. The van der Waals surface area contributed by atoms with Crippen LogP contribution in [0.1, 0.15) is 23.7 Å². The maximum atomic E-state index is 13.2. The first-order chi connectivity index (χ1) is 13.4. The number of nitrogens with zero attached hydrogens (tertiary/aromatic N) is 3. The number of halogens is 4. The summed E-state index contributed by atoms with van der Waals surface area (Å²) in [6.45, 7) is 2.73. The molecule has 1 N–H and O–H groups in total. The Morgan fingerprint density at radius 2 is 2.07 bits per heavy atom. The van der Waals surface area contributed by atoms with E-state index in [2.05, 4.69) is 10.3 Å². The fraction of sp³-hybridized carbons (Fsp3) is 0.235. The maximum Gasteiger partial charge on any atom is 0.417 e. The Hall–Kier alpha value is -2.84. The highest BCUT2D eigenvalue weighted by Crippen LogP contribution is 2.37. The van der Waals surface area contributed by atoms with E-state index in [1.807, 2.05) is 0 Å². The van der Waals surface area contributed by atoms with Crippen LogP contribution in [0.15, 0.2) is 29.3 Å². The van der Waals surface area contributed by atoms with Gasteiger partial charge in [0.05, 0.1) is 32.0 Å². The van der Waals surface area contributed by atoms with Gasteiger partial charge < -0.3 is 5.32 Å². The largest absolute Gasteiger partial charge is 0.417 e. The van der Waals surface area contributed by atoms with Gasteiger partial charge in [-0.05, 0) is 26.0 Å². The van der Waals surface area contributed by atoms with Gasteiger partial charge in [-0.1, -0.05) is 23.4 Å². The van der Waals surface area contributed by atoms with Crippen LogP contribution in [0.25, 0.3) is 0 Å². The molecule has 0 saturated carbocycles. The molecule has 7 nitrogen and oxygen atoms in total. The molecule has 2 aromatic rings. The molecule has 0 bridgehead atoms. The Morgan fingerprint density at radius 1 is 1.41 bits per heavy atom. The second-order valence-electron chi connectivity index (χ2n) is 5.77. The Kier molecular flexibility index (Phi) is 6.71. The van der Waals surface area contributed by atoms with Crippen molar-refractivity contribution in [3.05, 3.63) is 56.2 Å². The van der Waals surface area contributed by atoms with Crippen molar-refractivity contribution in [3.63, 3.8) is 0 Å². The van der Waals surface area contributed by atoms with Crippen LogP contribution in [0, 0.1) is 28.4 Å². The van der Waals surface area contributed by atoms with E-state index in [0.717, 1.165) is 18.2 Å². The Morgan fingerprint density at radius 3 is 2.62 bits per heavy atom. The molecule has 1 atom stereocenters. The number of hydrogen-bond acceptors (Lipinski definition) is 6. The lowest BCUT2D eigenvalue weighted by Crippen LogP contribution is -2.23. The zero-order valence-electron chi connectivity index (χ0n) is 14.9. The Balaban J connectivity index is 2.29. The highest BCUT2D eigenvalue weighted by atomic mass is 35.5. The Bertz CT molecular complexity index is 1020. The summed E-state index contributed by atoms with van der Waals surface area (Å²) in [4.78, 5) is 26.6. The van der Waals surface area contributed by atoms with Gasteiger partial charge >= 0.3 is 6.18 Å². The predicted octanol–water partition coefficient (Wildman–Crippen LogP) is 4.96. The lowest BCUT2D eigenvalue weighted by Gasteiger charge is -2.16. The number of hydrogen-bond donors (Lipinski definition) is 1. The molecular weight excluding hydrogens is 433 g/mol. The number of amides is 1. The SMILES string of the molecule is Cc1cc(C(F)(F)F)c(C#N)c(SC(C)C(=O)Nc2cc([N+](=O)[O-])ccc2Cl)n1. The van der Waals surface area contributed by atoms with E-state index >= 15 is 0 Å². The number of nitriles is 1. The number of thioether (sulfide) groups is 1. The van der Waals surface area contributed by atoms with Gasteiger partial charge in [0.25, 0.3) is 5.69 Å². The maximum absolute atomic E-state index is 13.2. The quantitative estimate of drug-likeness (QED) is 0.396. The average Bonchev–Trinajstić information content (AvgIpc) is 2.62. The number of pyridine rings is 1. The number of non-ortho nitro benzene ring substituents is 1. The number of nitro groups is 1. The molecule has 1 aromatic carbocycles. The normalized spacial score (nSPS) is 12.2. The lowest BCUT2D eigenvalue weighted by atomic mass is 10.1. The van der Waals surface area contributed by atoms with E-state index in [1.165, 1.54) is 26.0 Å². The molecule has 0 aliphatic carbocycles. The van der Waals surface area contributed by atoms with Gasteiger partial charge in [0.1, 0.15) is 11.1 Å². The number of nitrogens with one attached hydrogen (secondary N) is 1. The molecule has 1 heterocycles. The predicted molar refractivity (Wildman–Crippen MR) is 101 cm³/mol. The van der Waals surface area contributed by atoms with Crippen LogP contribution in [0.2, 0.25) is 5.02 Å². The molecule has 0 aliphatic rings. The van der Waals surface area contributed by atoms with Crippen LogP contribution in [0.5, 0.6) is 0 Å². The fourth-order valence-corrected chi connectivity index (χ4v) is 3.38. The number of alkyl halides is 3. The van der Waals surface area contributed by atoms with Gasteiger partial charge in [0.15, 0.2) is 0 Å². The van der Waals surface area contributed by atoms with Crippen LogP contribution in [-0.4, -0.2) is 21.1 Å². The van der Waals surface area contributed by atoms with Crippen molar-refractivity contribution in [1.29, 1.82) is 5.26 Å². The van der Waals surface area contributed by atoms with Crippen molar-refractivity contribution < 1.29 is 22.9 Å². The fourth-order valence-electron chi connectivity index (χ4n) is 2.24. The van der Waals surface area contributed by atoms with E-state index < -0.39 is 33.4 Å². The summed E-state index contributed by atoms with van der Waals surface area (Å²) in [6.07, 6.45) is -4.75. The number of carbonyl (C=O) groups excluding carboxylic acids is 1. The summed E-state index contributed by atoms with van der Waals surface area (Å²) < 4.78 is 39.6. The molecule has 1 aromatic heterocycles. The third-order valence-corrected chi connectivity index (χ3v) is 5.02. The zero-order chi connectivity index (χ0) is 21.9. The summed E-state index contributed by atoms with van der Waals surface area (Å²) in [6, 6.07) is 5.70. The van der Waals surface area contributed by atoms with Crippen LogP contribution in [0.3, 0.4) is 0 Å². The minimum Gasteiger partial charge on any atom is -0.324 e. The monoisotopic (exact) mass is 444 g/mol. The molecular formula is C17H12ClF3N4O3S. The molecule has 0 aliphatic heterocycles. The third kappa shape index (κ3) is 5.36. The molecule has 0 radical (unpaired) electrons. The van der Waals surface area contributed by atoms with Crippen molar-refractivity contribution in [2.75, 3.05) is 5.32 Å². The number of aryl methyl sites for hydroxylation is 1. The molecule has 2 rings (SSSR count). The van der Waals surface area contributed by atoms with Gasteiger partial charge in [0.2, 0.25) is 5.91 Å². The van der Waals surface area contributed by atoms with Gasteiger partial charge in [0, 0.05) is 17.8 Å². The smallest absolute Gasteiger partial charge is 0.324 e. The van der Waals surface area contributed by atoms with Crippen LogP contribution >= 0.6 is 23.4 Å². The first kappa shape index (κ1) is 22.4. The summed E-state index contributed by atoms with van der Waals surface area (Å²) in [5, 5.41) is 21.2. The minimum atomic E-state index is -4.75. The summed E-state index contributed by atoms with van der Waals surface area (Å²) >= 11 is 6.59. The summed E-state index contributed by atoms with van der Waals surface area (Å²) in [5.41, 5.74) is -2.10. The number of anilines is 1. The molecule has 0 spiro atoms. The second-order valence-corrected chi connectivity index (χ2v) is 7.51. The lowest BCUT2D eigenvalue weighted by molar-refractivity contribution is -0.384. The van der Waals surface area contributed by atoms with Gasteiger partial charge in [-0.2, -0.15) is 18.4 Å². The number of carbonyl (C=O) groups is 1. The molecule has 152 valence electrons. The number of nitro benzene ring substituents is 1. The van der Waals surface area contributed by atoms with Crippen molar-refractivity contribution in [3.8, 4) is 6.07 Å². The molecule has 1 amide bonds. The topological polar surface area (TPSA) is 109 Å². The molecule has 0 fully saturated rings. The summed E-state index contributed by atoms with van der Waals surface area (Å²) in [7, 11) is 0. The van der Waals surface area contributed by atoms with Crippen LogP contribution < -0.4 is 5.32 Å². The zero-order valence-corrected chi connectivity index (χ0v) is 16.4. The highest BCUT2D eigenvalue weighted by molar-refractivity contribution is 8.00. The Labute approximate surface area is 172 Å². The minimum absolute atomic E-state index is 0.0213. The van der Waals surface area contributed by atoms with Crippen molar-refractivity contribution in [2.45, 2.75) is 30.3 Å². The second kappa shape index (κ2) is 8.67. The van der Waals surface area contributed by atoms with E-state index in [0.29, 0.717) is 11.8 Å². The highest BCUT2D eigenvalue weighted by Gasteiger charge is 2.36. The average molecular weight is 445 g/mol. The van der Waals surface area contributed by atoms with Gasteiger partial charge in [-0.25, -0.2) is 4.98 Å². The first-order valence-electron chi connectivity index (χ1n) is 7.84. The van der Waals surface area contributed by atoms with E-state index in [-0.39, 0.29) is 27.1 Å². The number of rotatable bonds is 5. The van der Waals surface area contributed by atoms with E-state index in [9.17, 15) is 33.3 Å². The summed E-state index contributed by atoms with van der Waals surface area (Å²) in [5.74, 6) is -0.682. The molecule has 0 saturated heterocycles. The number of benzene rings is 1.